The molecule has 0 spiro atoms. The lowest BCUT2D eigenvalue weighted by Gasteiger charge is -2.39. The molecule has 13 heteroatoms. The maximum Gasteiger partial charge on any atom is 0.417 e. The summed E-state index contributed by atoms with van der Waals surface area (Å²) in [5.74, 6) is -2.52. The average molecular weight is 487 g/mol. The van der Waals surface area contributed by atoms with Crippen LogP contribution in [-0.4, -0.2) is 65.5 Å². The summed E-state index contributed by atoms with van der Waals surface area (Å²) in [5, 5.41) is 18.7. The van der Waals surface area contributed by atoms with Crippen LogP contribution in [0, 0.1) is 6.92 Å². The van der Waals surface area contributed by atoms with Gasteiger partial charge >= 0.3 is 18.1 Å². The molecule has 1 fully saturated rings. The normalized spacial score (nSPS) is 17.7. The van der Waals surface area contributed by atoms with E-state index in [1.54, 1.807) is 6.92 Å². The molecule has 9 nitrogen and oxygen atoms in total. The van der Waals surface area contributed by atoms with Gasteiger partial charge in [-0.2, -0.15) is 17.5 Å². The molecule has 0 aliphatic carbocycles. The summed E-state index contributed by atoms with van der Waals surface area (Å²) in [6.07, 6.45) is -4.38. The third-order valence-electron chi connectivity index (χ3n) is 5.30. The van der Waals surface area contributed by atoms with Gasteiger partial charge in [0, 0.05) is 25.8 Å². The number of sulfonamides is 1. The second-order valence-corrected chi connectivity index (χ2v) is 9.41. The fourth-order valence-corrected chi connectivity index (χ4v) is 4.98. The molecule has 1 aromatic heterocycles. The van der Waals surface area contributed by atoms with E-state index in [-0.39, 0.29) is 30.2 Å². The lowest BCUT2D eigenvalue weighted by Crippen LogP contribution is -2.58. The molecule has 0 amide bonds. The van der Waals surface area contributed by atoms with Crippen molar-refractivity contribution < 1.29 is 41.4 Å². The smallest absolute Gasteiger partial charge is 0.417 e. The number of halogens is 3. The van der Waals surface area contributed by atoms with Crippen LogP contribution in [-0.2, 0) is 32.2 Å². The van der Waals surface area contributed by atoms with Gasteiger partial charge in [-0.1, -0.05) is 6.07 Å². The number of aromatic nitrogens is 1. The zero-order chi connectivity index (χ0) is 24.6. The van der Waals surface area contributed by atoms with Crippen molar-refractivity contribution in [2.24, 2.45) is 0 Å². The third-order valence-corrected chi connectivity index (χ3v) is 7.16. The number of rotatable bonds is 6. The van der Waals surface area contributed by atoms with Gasteiger partial charge < -0.3 is 15.1 Å². The van der Waals surface area contributed by atoms with Crippen LogP contribution in [0.25, 0.3) is 0 Å². The number of nitrogens with zero attached hydrogens (tertiary/aromatic N) is 3. The number of hydrogen-bond acceptors (Lipinski definition) is 6. The van der Waals surface area contributed by atoms with Crippen LogP contribution in [0.5, 0.6) is 0 Å². The van der Waals surface area contributed by atoms with Crippen LogP contribution in [0.4, 0.5) is 19.0 Å². The van der Waals surface area contributed by atoms with E-state index < -0.39 is 46.3 Å². The van der Waals surface area contributed by atoms with Gasteiger partial charge in [0.2, 0.25) is 10.0 Å². The Morgan fingerprint density at radius 2 is 1.85 bits per heavy atom. The van der Waals surface area contributed by atoms with E-state index in [9.17, 15) is 36.3 Å². The SMILES string of the molecule is Cc1ccc(S(=O)(=O)N2CCN(c3ccc(C(F)(F)F)cn3)[C@H](C(=O)O)C2)cc1CC(=O)O. The molecule has 0 saturated carbocycles. The van der Waals surface area contributed by atoms with Crippen LogP contribution in [0.1, 0.15) is 16.7 Å². The Morgan fingerprint density at radius 3 is 2.39 bits per heavy atom. The molecule has 1 atom stereocenters. The topological polar surface area (TPSA) is 128 Å². The number of benzene rings is 1. The van der Waals surface area contributed by atoms with E-state index in [4.69, 9.17) is 5.11 Å². The van der Waals surface area contributed by atoms with Crippen molar-refractivity contribution in [3.8, 4) is 0 Å². The molecule has 1 aromatic carbocycles. The number of carboxylic acids is 2. The summed E-state index contributed by atoms with van der Waals surface area (Å²) in [6, 6.07) is 4.47. The number of carboxylic acid groups (broad SMARTS) is 2. The number of piperazine rings is 1. The van der Waals surface area contributed by atoms with Crippen molar-refractivity contribution in [2.45, 2.75) is 30.5 Å². The summed E-state index contributed by atoms with van der Waals surface area (Å²) in [5.41, 5.74) is -0.0835. The van der Waals surface area contributed by atoms with Crippen molar-refractivity contribution in [1.82, 2.24) is 9.29 Å². The van der Waals surface area contributed by atoms with E-state index in [1.165, 1.54) is 23.1 Å². The van der Waals surface area contributed by atoms with Gasteiger partial charge in [0.1, 0.15) is 11.9 Å². The minimum Gasteiger partial charge on any atom is -0.481 e. The standard InChI is InChI=1S/C20H20F3N3O6S/c1-12-2-4-15(8-13(12)9-18(27)28)33(31,32)25-6-7-26(16(11-25)19(29)30)17-5-3-14(10-24-17)20(21,22)23/h2-5,8,10,16H,6-7,9,11H2,1H3,(H,27,28)(H,29,30)/t16-/m0/s1. The Labute approximate surface area is 187 Å². The fourth-order valence-electron chi connectivity index (χ4n) is 3.50. The quantitative estimate of drug-likeness (QED) is 0.633. The number of alkyl halides is 3. The second-order valence-electron chi connectivity index (χ2n) is 7.47. The molecule has 1 saturated heterocycles. The van der Waals surface area contributed by atoms with Gasteiger partial charge in [0.05, 0.1) is 16.9 Å². The first-order valence-electron chi connectivity index (χ1n) is 9.65. The van der Waals surface area contributed by atoms with E-state index >= 15 is 0 Å². The number of aliphatic carboxylic acids is 2. The van der Waals surface area contributed by atoms with Crippen LogP contribution < -0.4 is 4.90 Å². The van der Waals surface area contributed by atoms with Crippen molar-refractivity contribution >= 4 is 27.8 Å². The van der Waals surface area contributed by atoms with E-state index in [1.807, 2.05) is 0 Å². The summed E-state index contributed by atoms with van der Waals surface area (Å²) >= 11 is 0. The lowest BCUT2D eigenvalue weighted by molar-refractivity contribution is -0.139. The van der Waals surface area contributed by atoms with Gasteiger partial charge in [0.15, 0.2) is 0 Å². The molecular weight excluding hydrogens is 467 g/mol. The largest absolute Gasteiger partial charge is 0.481 e. The molecule has 2 aromatic rings. The predicted molar refractivity (Wildman–Crippen MR) is 109 cm³/mol. The number of anilines is 1. The van der Waals surface area contributed by atoms with Gasteiger partial charge in [-0.05, 0) is 42.3 Å². The Hall–Kier alpha value is -3.19. The highest BCUT2D eigenvalue weighted by Gasteiger charge is 2.39. The molecule has 2 N–H and O–H groups in total. The second kappa shape index (κ2) is 8.98. The van der Waals surface area contributed by atoms with Gasteiger partial charge in [-0.25, -0.2) is 18.2 Å². The monoisotopic (exact) mass is 487 g/mol. The van der Waals surface area contributed by atoms with E-state index in [0.717, 1.165) is 16.4 Å². The van der Waals surface area contributed by atoms with Crippen molar-refractivity contribution in [1.29, 1.82) is 0 Å². The highest BCUT2D eigenvalue weighted by atomic mass is 32.2. The Kier molecular flexibility index (Phi) is 6.65. The lowest BCUT2D eigenvalue weighted by atomic mass is 10.1. The van der Waals surface area contributed by atoms with Crippen LogP contribution in [0.2, 0.25) is 0 Å². The zero-order valence-corrected chi connectivity index (χ0v) is 18.1. The summed E-state index contributed by atoms with van der Waals surface area (Å²) in [4.78, 5) is 27.7. The first-order valence-corrected chi connectivity index (χ1v) is 11.1. The van der Waals surface area contributed by atoms with Crippen LogP contribution >= 0.6 is 0 Å². The average Bonchev–Trinajstić information content (AvgIpc) is 2.74. The van der Waals surface area contributed by atoms with Crippen molar-refractivity contribution in [2.75, 3.05) is 24.5 Å². The number of pyridine rings is 1. The van der Waals surface area contributed by atoms with Gasteiger partial charge in [-0.15, -0.1) is 0 Å². The minimum absolute atomic E-state index is 0.0217. The Morgan fingerprint density at radius 1 is 1.15 bits per heavy atom. The molecule has 33 heavy (non-hydrogen) atoms. The molecule has 1 aliphatic rings. The molecule has 1 aliphatic heterocycles. The summed E-state index contributed by atoms with van der Waals surface area (Å²) in [7, 11) is -4.15. The first kappa shape index (κ1) is 24.5. The molecule has 2 heterocycles. The molecule has 3 rings (SSSR count). The first-order chi connectivity index (χ1) is 15.3. The van der Waals surface area contributed by atoms with Crippen LogP contribution in [0.15, 0.2) is 41.4 Å². The van der Waals surface area contributed by atoms with Gasteiger partial charge in [-0.3, -0.25) is 4.79 Å². The van der Waals surface area contributed by atoms with Crippen molar-refractivity contribution in [3.05, 3.63) is 53.2 Å². The summed E-state index contributed by atoms with van der Waals surface area (Å²) in [6.45, 7) is 0.910. The van der Waals surface area contributed by atoms with Crippen molar-refractivity contribution in [3.63, 3.8) is 0 Å². The zero-order valence-electron chi connectivity index (χ0n) is 17.3. The molecule has 0 unspecified atom stereocenters. The molecule has 0 bridgehead atoms. The van der Waals surface area contributed by atoms with Crippen LogP contribution in [0.3, 0.4) is 0 Å². The number of aryl methyl sites for hydroxylation is 1. The van der Waals surface area contributed by atoms with E-state index in [0.29, 0.717) is 17.3 Å². The maximum absolute atomic E-state index is 13.1. The Balaban J connectivity index is 1.87. The number of hydrogen-bond donors (Lipinski definition) is 2. The third kappa shape index (κ3) is 5.25. The highest BCUT2D eigenvalue weighted by Crippen LogP contribution is 2.30. The Bertz CT molecular complexity index is 1170. The van der Waals surface area contributed by atoms with E-state index in [2.05, 4.69) is 4.98 Å². The molecular formula is C20H20F3N3O6S. The highest BCUT2D eigenvalue weighted by molar-refractivity contribution is 7.89. The molecule has 178 valence electrons. The number of carbonyl (C=O) groups is 2. The fraction of sp³-hybridized carbons (Fsp3) is 0.350. The summed E-state index contributed by atoms with van der Waals surface area (Å²) < 4.78 is 65.6. The molecule has 0 radical (unpaired) electrons. The maximum atomic E-state index is 13.1. The van der Waals surface area contributed by atoms with Gasteiger partial charge in [0.25, 0.3) is 0 Å². The predicted octanol–water partition coefficient (Wildman–Crippen LogP) is 2.00. The minimum atomic E-state index is -4.60.